The van der Waals surface area contributed by atoms with Crippen LogP contribution in [0.4, 0.5) is 0 Å². The predicted octanol–water partition coefficient (Wildman–Crippen LogP) is 1.76. The highest BCUT2D eigenvalue weighted by atomic mass is 16.5. The number of benzene rings is 1. The van der Waals surface area contributed by atoms with E-state index in [1.165, 1.54) is 0 Å². The standard InChI is InChI=1S/C21H27N5O2/c1-3-28-18-6-4-17(5-7-18)14-19(27)24-10-12-25(13-11-24)20-21-23-16(2)15-26(21)9-8-22-20/h4-9,16H,3,10-15H2,1-2H3. The molecule has 7 nitrogen and oxygen atoms in total. The Morgan fingerprint density at radius 3 is 2.61 bits per heavy atom. The summed E-state index contributed by atoms with van der Waals surface area (Å²) < 4.78 is 5.46. The summed E-state index contributed by atoms with van der Waals surface area (Å²) in [4.78, 5) is 28.3. The topological polar surface area (TPSA) is 60.7 Å². The van der Waals surface area contributed by atoms with Crippen LogP contribution in [-0.4, -0.2) is 77.7 Å². The van der Waals surface area contributed by atoms with Gasteiger partial charge in [-0.15, -0.1) is 0 Å². The third-order valence-corrected chi connectivity index (χ3v) is 5.24. The lowest BCUT2D eigenvalue weighted by atomic mass is 10.1. The van der Waals surface area contributed by atoms with Gasteiger partial charge in [-0.1, -0.05) is 12.1 Å². The Morgan fingerprint density at radius 1 is 1.14 bits per heavy atom. The number of ether oxygens (including phenoxy) is 1. The second-order valence-corrected chi connectivity index (χ2v) is 7.33. The number of carbonyl (C=O) groups excluding carboxylic acids is 1. The Bertz CT molecular complexity index is 807. The molecule has 1 aromatic rings. The zero-order valence-corrected chi connectivity index (χ0v) is 16.5. The molecule has 3 aliphatic rings. The van der Waals surface area contributed by atoms with E-state index in [1.54, 1.807) is 0 Å². The van der Waals surface area contributed by atoms with Crippen molar-refractivity contribution < 1.29 is 9.53 Å². The molecule has 148 valence electrons. The third kappa shape index (κ3) is 3.88. The number of fused-ring (bicyclic) bond motifs is 1. The van der Waals surface area contributed by atoms with Crippen molar-refractivity contribution in [2.24, 2.45) is 9.98 Å². The molecule has 0 aromatic heterocycles. The van der Waals surface area contributed by atoms with Crippen LogP contribution < -0.4 is 4.74 Å². The molecule has 0 saturated carbocycles. The first-order valence-electron chi connectivity index (χ1n) is 9.98. The van der Waals surface area contributed by atoms with Crippen LogP contribution in [0.2, 0.25) is 0 Å². The maximum absolute atomic E-state index is 12.7. The van der Waals surface area contributed by atoms with E-state index in [-0.39, 0.29) is 5.91 Å². The van der Waals surface area contributed by atoms with Crippen LogP contribution in [0.25, 0.3) is 0 Å². The average molecular weight is 381 g/mol. The Hall–Kier alpha value is -2.83. The van der Waals surface area contributed by atoms with Crippen molar-refractivity contribution in [1.82, 2.24) is 14.7 Å². The number of rotatable bonds is 4. The summed E-state index contributed by atoms with van der Waals surface area (Å²) in [5.41, 5.74) is 1.02. The molecule has 0 radical (unpaired) electrons. The highest BCUT2D eigenvalue weighted by molar-refractivity contribution is 6.41. The van der Waals surface area contributed by atoms with E-state index in [0.717, 1.165) is 42.6 Å². The van der Waals surface area contributed by atoms with Crippen LogP contribution in [0.15, 0.2) is 46.7 Å². The summed E-state index contributed by atoms with van der Waals surface area (Å²) in [6.45, 7) is 8.62. The van der Waals surface area contributed by atoms with Crippen LogP contribution in [-0.2, 0) is 11.2 Å². The Balaban J connectivity index is 1.32. The summed E-state index contributed by atoms with van der Waals surface area (Å²) in [6.07, 6.45) is 4.26. The van der Waals surface area contributed by atoms with Gasteiger partial charge in [0, 0.05) is 45.1 Å². The molecule has 1 saturated heterocycles. The first-order valence-corrected chi connectivity index (χ1v) is 9.98. The molecule has 1 unspecified atom stereocenters. The lowest BCUT2D eigenvalue weighted by molar-refractivity contribution is -0.131. The number of piperazine rings is 1. The fraction of sp³-hybridized carbons (Fsp3) is 0.476. The molecular formula is C21H27N5O2. The number of aliphatic imine (C=N–C) groups is 2. The molecule has 0 aliphatic carbocycles. The van der Waals surface area contributed by atoms with Gasteiger partial charge < -0.3 is 19.4 Å². The van der Waals surface area contributed by atoms with Crippen LogP contribution in [0.5, 0.6) is 5.75 Å². The molecular weight excluding hydrogens is 354 g/mol. The highest BCUT2D eigenvalue weighted by Gasteiger charge is 2.32. The van der Waals surface area contributed by atoms with E-state index < -0.39 is 0 Å². The minimum atomic E-state index is 0.169. The van der Waals surface area contributed by atoms with Gasteiger partial charge in [0.05, 0.1) is 19.1 Å². The molecule has 1 atom stereocenters. The number of nitrogens with zero attached hydrogens (tertiary/aromatic N) is 5. The van der Waals surface area contributed by atoms with E-state index in [4.69, 9.17) is 9.73 Å². The molecule has 28 heavy (non-hydrogen) atoms. The van der Waals surface area contributed by atoms with Crippen molar-refractivity contribution in [3.63, 3.8) is 0 Å². The minimum Gasteiger partial charge on any atom is -0.494 e. The van der Waals surface area contributed by atoms with Crippen LogP contribution >= 0.6 is 0 Å². The summed E-state index contributed by atoms with van der Waals surface area (Å²) in [6, 6.07) is 8.08. The van der Waals surface area contributed by atoms with Gasteiger partial charge in [-0.25, -0.2) is 4.99 Å². The van der Waals surface area contributed by atoms with E-state index in [0.29, 0.717) is 32.2 Å². The highest BCUT2D eigenvalue weighted by Crippen LogP contribution is 2.18. The minimum absolute atomic E-state index is 0.169. The third-order valence-electron chi connectivity index (χ3n) is 5.24. The van der Waals surface area contributed by atoms with Gasteiger partial charge in [0.25, 0.3) is 0 Å². The maximum atomic E-state index is 12.7. The van der Waals surface area contributed by atoms with Gasteiger partial charge in [0.15, 0.2) is 11.7 Å². The first kappa shape index (κ1) is 18.5. The molecule has 1 aromatic carbocycles. The van der Waals surface area contributed by atoms with E-state index in [9.17, 15) is 4.79 Å². The van der Waals surface area contributed by atoms with Gasteiger partial charge in [0.2, 0.25) is 5.91 Å². The Morgan fingerprint density at radius 2 is 1.89 bits per heavy atom. The number of carbonyl (C=O) groups is 1. The summed E-state index contributed by atoms with van der Waals surface area (Å²) in [7, 11) is 0. The van der Waals surface area contributed by atoms with Crippen LogP contribution in [0, 0.1) is 0 Å². The molecule has 0 N–H and O–H groups in total. The number of amides is 1. The summed E-state index contributed by atoms with van der Waals surface area (Å²) in [5, 5.41) is 0. The maximum Gasteiger partial charge on any atom is 0.227 e. The van der Waals surface area contributed by atoms with Crippen molar-refractivity contribution in [2.75, 3.05) is 39.3 Å². The van der Waals surface area contributed by atoms with Gasteiger partial charge in [-0.3, -0.25) is 9.79 Å². The second kappa shape index (κ2) is 8.04. The van der Waals surface area contributed by atoms with Crippen molar-refractivity contribution in [3.8, 4) is 5.75 Å². The monoisotopic (exact) mass is 381 g/mol. The van der Waals surface area contributed by atoms with Gasteiger partial charge in [-0.05, 0) is 31.5 Å². The van der Waals surface area contributed by atoms with Crippen LogP contribution in [0.3, 0.4) is 0 Å². The lowest BCUT2D eigenvalue weighted by Crippen LogP contribution is -2.54. The molecule has 0 spiro atoms. The number of hydrogen-bond donors (Lipinski definition) is 0. The molecule has 3 aliphatic heterocycles. The summed E-state index contributed by atoms with van der Waals surface area (Å²) >= 11 is 0. The first-order chi connectivity index (χ1) is 13.6. The molecule has 1 amide bonds. The number of amidine groups is 2. The zero-order chi connectivity index (χ0) is 19.5. The Labute approximate surface area is 166 Å². The molecule has 4 rings (SSSR count). The smallest absolute Gasteiger partial charge is 0.227 e. The largest absolute Gasteiger partial charge is 0.494 e. The normalized spacial score (nSPS) is 21.4. The predicted molar refractivity (Wildman–Crippen MR) is 110 cm³/mol. The van der Waals surface area contributed by atoms with E-state index in [1.807, 2.05) is 48.5 Å². The molecule has 0 bridgehead atoms. The average Bonchev–Trinajstić information content (AvgIpc) is 3.10. The van der Waals surface area contributed by atoms with Crippen LogP contribution in [0.1, 0.15) is 19.4 Å². The van der Waals surface area contributed by atoms with Crippen molar-refractivity contribution in [3.05, 3.63) is 42.2 Å². The molecule has 3 heterocycles. The molecule has 1 fully saturated rings. The fourth-order valence-corrected chi connectivity index (χ4v) is 3.80. The van der Waals surface area contributed by atoms with Gasteiger partial charge in [0.1, 0.15) is 5.75 Å². The van der Waals surface area contributed by atoms with Crippen molar-refractivity contribution in [2.45, 2.75) is 26.3 Å². The van der Waals surface area contributed by atoms with Gasteiger partial charge in [-0.2, -0.15) is 0 Å². The summed E-state index contributed by atoms with van der Waals surface area (Å²) in [5.74, 6) is 2.91. The quantitative estimate of drug-likeness (QED) is 0.797. The second-order valence-electron chi connectivity index (χ2n) is 7.33. The lowest BCUT2D eigenvalue weighted by Gasteiger charge is -2.37. The van der Waals surface area contributed by atoms with E-state index >= 15 is 0 Å². The zero-order valence-electron chi connectivity index (χ0n) is 16.5. The number of hydrogen-bond acceptors (Lipinski definition) is 6. The van der Waals surface area contributed by atoms with Crippen molar-refractivity contribution in [1.29, 1.82) is 0 Å². The van der Waals surface area contributed by atoms with E-state index in [2.05, 4.69) is 21.7 Å². The van der Waals surface area contributed by atoms with Crippen molar-refractivity contribution >= 4 is 17.6 Å². The fourth-order valence-electron chi connectivity index (χ4n) is 3.80. The molecule has 7 heteroatoms. The van der Waals surface area contributed by atoms with Gasteiger partial charge >= 0.3 is 0 Å². The Kier molecular flexibility index (Phi) is 5.32. The SMILES string of the molecule is CCOc1ccc(CC(=O)N2CCN(C3=NC=CN4CC(C)N=C34)CC2)cc1.